The number of hydrogen-bond donors (Lipinski definition) is 0. The molecular weight excluding hydrogens is 946 g/mol. The summed E-state index contributed by atoms with van der Waals surface area (Å²) in [5.41, 5.74) is -6.19. The smallest absolute Gasteiger partial charge is 0.200 e. The topological polar surface area (TPSA) is 0 Å². The van der Waals surface area contributed by atoms with E-state index in [1.807, 2.05) is 0 Å². The monoisotopic (exact) mass is 960 g/mol. The molecule has 22 heteroatoms. The van der Waals surface area contributed by atoms with Gasteiger partial charge in [-0.1, -0.05) is 48.6 Å². The third-order valence-electron chi connectivity index (χ3n) is 8.77. The molecular formula is C44H14F22. The van der Waals surface area contributed by atoms with Crippen molar-refractivity contribution in [1.29, 1.82) is 0 Å². The highest BCUT2D eigenvalue weighted by Gasteiger charge is 2.28. The summed E-state index contributed by atoms with van der Waals surface area (Å²) < 4.78 is 296. The Morgan fingerprint density at radius 2 is 0.364 bits per heavy atom. The molecule has 0 aliphatic rings. The van der Waals surface area contributed by atoms with Crippen LogP contribution in [-0.2, 0) is 0 Å². The fourth-order valence-electron chi connectivity index (χ4n) is 5.33. The van der Waals surface area contributed by atoms with Crippen LogP contribution in [0.5, 0.6) is 0 Å². The number of halogens is 22. The molecule has 0 aliphatic heterocycles. The fourth-order valence-corrected chi connectivity index (χ4v) is 5.33. The lowest BCUT2D eigenvalue weighted by Gasteiger charge is -2.06. The molecule has 0 nitrogen and oxygen atoms in total. The lowest BCUT2D eigenvalue weighted by atomic mass is 10.1. The van der Waals surface area contributed by atoms with Gasteiger partial charge < -0.3 is 0 Å². The summed E-state index contributed by atoms with van der Waals surface area (Å²) in [5.74, 6) is -46.5. The first-order valence-corrected chi connectivity index (χ1v) is 17.3. The van der Waals surface area contributed by atoms with Crippen molar-refractivity contribution in [3.8, 4) is 0 Å². The maximum absolute atomic E-state index is 14.3. The van der Waals surface area contributed by atoms with E-state index in [0.29, 0.717) is 48.6 Å². The lowest BCUT2D eigenvalue weighted by molar-refractivity contribution is 0.377. The van der Waals surface area contributed by atoms with Crippen molar-refractivity contribution in [2.75, 3.05) is 0 Å². The Morgan fingerprint density at radius 3 is 0.561 bits per heavy atom. The van der Waals surface area contributed by atoms with E-state index in [4.69, 9.17) is 0 Å². The van der Waals surface area contributed by atoms with Gasteiger partial charge in [0.2, 0.25) is 23.3 Å². The minimum absolute atomic E-state index is 0.238. The van der Waals surface area contributed by atoms with E-state index in [2.05, 4.69) is 0 Å². The van der Waals surface area contributed by atoms with Crippen LogP contribution in [0.1, 0.15) is 44.5 Å². The van der Waals surface area contributed by atoms with Crippen LogP contribution in [-0.4, -0.2) is 0 Å². The Morgan fingerprint density at radius 1 is 0.197 bits per heavy atom. The van der Waals surface area contributed by atoms with E-state index in [1.165, 1.54) is 24.3 Å². The second-order valence-electron chi connectivity index (χ2n) is 12.8. The molecule has 0 aliphatic carbocycles. The summed E-state index contributed by atoms with van der Waals surface area (Å²) in [6.45, 7) is 0. The Bertz CT molecular complexity index is 2720. The van der Waals surface area contributed by atoms with Crippen molar-refractivity contribution >= 4 is 48.6 Å². The highest BCUT2D eigenvalue weighted by atomic mass is 19.2. The largest absolute Gasteiger partial charge is 0.206 e. The van der Waals surface area contributed by atoms with E-state index in [1.54, 1.807) is 0 Å². The quantitative estimate of drug-likeness (QED) is 0.0617. The van der Waals surface area contributed by atoms with E-state index < -0.39 is 161 Å². The van der Waals surface area contributed by atoms with Crippen LogP contribution >= 0.6 is 0 Å². The number of benzene rings is 6. The third kappa shape index (κ3) is 9.71. The first-order chi connectivity index (χ1) is 30.9. The number of rotatable bonds is 8. The van der Waals surface area contributed by atoms with Gasteiger partial charge in [-0.15, -0.1) is 0 Å². The summed E-state index contributed by atoms with van der Waals surface area (Å²) in [6, 6.07) is 6.00. The average Bonchev–Trinajstić information content (AvgIpc) is 3.30. The zero-order valence-electron chi connectivity index (χ0n) is 31.4. The summed E-state index contributed by atoms with van der Waals surface area (Å²) in [7, 11) is 0. The predicted octanol–water partition coefficient (Wildman–Crippen LogP) is 15.1. The van der Waals surface area contributed by atoms with E-state index in [9.17, 15) is 96.6 Å². The normalized spacial score (nSPS) is 11.8. The summed E-state index contributed by atoms with van der Waals surface area (Å²) in [4.78, 5) is 0. The van der Waals surface area contributed by atoms with Crippen molar-refractivity contribution in [3.63, 3.8) is 0 Å². The van der Waals surface area contributed by atoms with Crippen LogP contribution in [0.15, 0.2) is 36.4 Å². The molecule has 0 heterocycles. The van der Waals surface area contributed by atoms with Crippen LogP contribution in [0.25, 0.3) is 48.6 Å². The first kappa shape index (κ1) is 49.8. The molecule has 0 spiro atoms. The van der Waals surface area contributed by atoms with Crippen molar-refractivity contribution in [1.82, 2.24) is 0 Å². The van der Waals surface area contributed by atoms with E-state index >= 15 is 0 Å². The van der Waals surface area contributed by atoms with Gasteiger partial charge in [0.1, 0.15) is 11.6 Å². The van der Waals surface area contributed by atoms with Gasteiger partial charge in [0.05, 0.1) is 22.3 Å². The maximum atomic E-state index is 14.3. The summed E-state index contributed by atoms with van der Waals surface area (Å²) in [5, 5.41) is 0. The van der Waals surface area contributed by atoms with Gasteiger partial charge in [-0.25, -0.2) is 96.6 Å². The van der Waals surface area contributed by atoms with Gasteiger partial charge in [0, 0.05) is 11.1 Å². The van der Waals surface area contributed by atoms with Gasteiger partial charge in [-0.2, -0.15) is 0 Å². The van der Waals surface area contributed by atoms with Gasteiger partial charge in [-0.3, -0.25) is 0 Å². The molecule has 0 amide bonds. The Hall–Kier alpha value is -7.26. The van der Waals surface area contributed by atoms with Crippen LogP contribution < -0.4 is 0 Å². The van der Waals surface area contributed by atoms with Crippen LogP contribution in [0.2, 0.25) is 0 Å². The standard InChI is InChI=1S/C22H6F12.C22H8F10/c23-11-6-8(2-4-10-15(27)19(31)22(34)20(32)16(10)28)12(24)5-7(11)1-3-9-13(25)17(29)21(33)18(30)14(9)26;23-13-11(14(24)18(28)21(31)17(13)27)7-5-9-1-2-10(4-3-9)6-8-12-15(25)19(29)22(32)20(30)16(12)26/h1-6H;1-8H/b3-1+,4-2+;7-5+,8-6+. The van der Waals surface area contributed by atoms with Crippen molar-refractivity contribution < 1.29 is 96.6 Å². The predicted molar refractivity (Wildman–Crippen MR) is 193 cm³/mol. The van der Waals surface area contributed by atoms with Gasteiger partial charge in [0.25, 0.3) is 0 Å². The fraction of sp³-hybridized carbons (Fsp3) is 0. The Labute approximate surface area is 354 Å². The molecule has 0 saturated heterocycles. The second-order valence-corrected chi connectivity index (χ2v) is 12.8. The molecule has 0 radical (unpaired) electrons. The second kappa shape index (κ2) is 19.9. The lowest BCUT2D eigenvalue weighted by Crippen LogP contribution is -2.04. The van der Waals surface area contributed by atoms with Crippen LogP contribution in [0.4, 0.5) is 96.6 Å². The maximum Gasteiger partial charge on any atom is 0.200 e. The zero-order valence-corrected chi connectivity index (χ0v) is 31.4. The molecule has 0 bridgehead atoms. The molecule has 0 aromatic heterocycles. The van der Waals surface area contributed by atoms with Crippen LogP contribution in [0.3, 0.4) is 0 Å². The highest BCUT2D eigenvalue weighted by Crippen LogP contribution is 2.30. The SMILES string of the molecule is Fc1c(F)c(F)c(/C=C/c2ccc(/C=C/c3c(F)c(F)c(F)c(F)c3F)cc2)c(F)c1F.Fc1cc(/C=C/c2c(F)c(F)c(F)c(F)c2F)c(F)cc1/C=C/c1c(F)c(F)c(F)c(F)c1F. The Balaban J connectivity index is 0.000000248. The molecule has 0 unspecified atom stereocenters. The van der Waals surface area contributed by atoms with Crippen molar-refractivity contribution in [2.45, 2.75) is 0 Å². The molecule has 0 atom stereocenters. The van der Waals surface area contributed by atoms with E-state index in [-0.39, 0.29) is 11.1 Å². The molecule has 344 valence electrons. The van der Waals surface area contributed by atoms with Crippen molar-refractivity contribution in [3.05, 3.63) is 209 Å². The Kier molecular flexibility index (Phi) is 15.0. The van der Waals surface area contributed by atoms with Gasteiger partial charge in [-0.05, 0) is 47.6 Å². The van der Waals surface area contributed by atoms with Gasteiger partial charge in [0.15, 0.2) is 93.1 Å². The third-order valence-corrected chi connectivity index (χ3v) is 8.77. The molecule has 0 fully saturated rings. The average molecular weight is 961 g/mol. The molecule has 66 heavy (non-hydrogen) atoms. The molecule has 0 saturated carbocycles. The molecule has 0 N–H and O–H groups in total. The first-order valence-electron chi connectivity index (χ1n) is 17.3. The van der Waals surface area contributed by atoms with Gasteiger partial charge >= 0.3 is 0 Å². The summed E-state index contributed by atoms with van der Waals surface area (Å²) in [6.07, 6.45) is 4.94. The minimum atomic E-state index is -2.42. The van der Waals surface area contributed by atoms with E-state index in [0.717, 1.165) is 12.2 Å². The summed E-state index contributed by atoms with van der Waals surface area (Å²) >= 11 is 0. The molecule has 6 rings (SSSR count). The minimum Gasteiger partial charge on any atom is -0.206 e. The van der Waals surface area contributed by atoms with Crippen LogP contribution in [0, 0.1) is 128 Å². The highest BCUT2D eigenvalue weighted by molar-refractivity contribution is 5.75. The molecule has 6 aromatic rings. The molecule has 6 aromatic carbocycles. The zero-order chi connectivity index (χ0) is 49.2. The van der Waals surface area contributed by atoms with Crippen molar-refractivity contribution in [2.24, 2.45) is 0 Å². The number of hydrogen-bond acceptors (Lipinski definition) is 0.